The third kappa shape index (κ3) is 4.97. The lowest BCUT2D eigenvalue weighted by molar-refractivity contribution is -0.155. The number of aromatic hydroxyl groups is 1. The van der Waals surface area contributed by atoms with E-state index in [4.69, 9.17) is 4.74 Å². The molecule has 1 saturated carbocycles. The van der Waals surface area contributed by atoms with Crippen LogP contribution in [0.15, 0.2) is 29.1 Å². The smallest absolute Gasteiger partial charge is 0.312 e. The fourth-order valence-electron chi connectivity index (χ4n) is 6.35. The topological polar surface area (TPSA) is 137 Å². The first kappa shape index (κ1) is 28.7. The lowest BCUT2D eigenvalue weighted by atomic mass is 9.71. The minimum absolute atomic E-state index is 0.0136. The predicted molar refractivity (Wildman–Crippen MR) is 144 cm³/mol. The monoisotopic (exact) mass is 570 g/mol. The predicted octanol–water partition coefficient (Wildman–Crippen LogP) is 0.419. The van der Waals surface area contributed by atoms with Gasteiger partial charge in [0.1, 0.15) is 17.2 Å². The maximum Gasteiger partial charge on any atom is 0.312 e. The van der Waals surface area contributed by atoms with Gasteiger partial charge < -0.3 is 25.0 Å². The maximum atomic E-state index is 13.8. The summed E-state index contributed by atoms with van der Waals surface area (Å²) in [7, 11) is 4.50. The number of hydrogen-bond donors (Lipinski definition) is 2. The number of aromatic nitrogens is 2. The molecule has 13 heteroatoms. The van der Waals surface area contributed by atoms with Crippen molar-refractivity contribution in [3.8, 4) is 5.75 Å². The van der Waals surface area contributed by atoms with Crippen molar-refractivity contribution >= 4 is 17.7 Å². The highest BCUT2D eigenvalue weighted by Crippen LogP contribution is 2.50. The Hall–Kier alpha value is -3.84. The minimum Gasteiger partial charge on any atom is -0.501 e. The molecule has 1 saturated heterocycles. The molecule has 3 aliphatic heterocycles. The molecule has 4 aliphatic rings. The Morgan fingerprint density at radius 3 is 2.29 bits per heavy atom. The van der Waals surface area contributed by atoms with Crippen molar-refractivity contribution in [1.29, 1.82) is 0 Å². The number of nitrogens with zero attached hydrogens (tertiary/aromatic N) is 5. The lowest BCUT2D eigenvalue weighted by Crippen LogP contribution is -2.59. The van der Waals surface area contributed by atoms with E-state index in [1.165, 1.54) is 59.8 Å². The molecule has 0 radical (unpaired) electrons. The highest BCUT2D eigenvalue weighted by atomic mass is 19.1. The second-order valence-corrected chi connectivity index (χ2v) is 11.3. The van der Waals surface area contributed by atoms with Gasteiger partial charge in [-0.25, -0.2) is 9.37 Å². The van der Waals surface area contributed by atoms with Crippen LogP contribution in [-0.2, 0) is 33.0 Å². The number of ether oxygens (including phenoxy) is 1. The summed E-state index contributed by atoms with van der Waals surface area (Å²) in [6.45, 7) is 2.69. The molecule has 0 unspecified atom stereocenters. The molecule has 1 aromatic heterocycles. The summed E-state index contributed by atoms with van der Waals surface area (Å²) in [6, 6.07) is 5.54. The van der Waals surface area contributed by atoms with Gasteiger partial charge in [-0.1, -0.05) is 12.1 Å². The van der Waals surface area contributed by atoms with Crippen molar-refractivity contribution in [2.75, 3.05) is 47.4 Å². The van der Waals surface area contributed by atoms with Crippen molar-refractivity contribution in [2.24, 2.45) is 0 Å². The van der Waals surface area contributed by atoms with E-state index in [9.17, 15) is 28.7 Å². The van der Waals surface area contributed by atoms with Crippen LogP contribution in [0.3, 0.4) is 0 Å². The molecule has 0 atom stereocenters. The van der Waals surface area contributed by atoms with Gasteiger partial charge in [0.2, 0.25) is 5.75 Å². The van der Waals surface area contributed by atoms with Crippen LogP contribution < -0.4 is 10.9 Å². The first-order valence-electron chi connectivity index (χ1n) is 13.7. The van der Waals surface area contributed by atoms with E-state index >= 15 is 0 Å². The Labute approximate surface area is 236 Å². The van der Waals surface area contributed by atoms with Crippen LogP contribution in [0.2, 0.25) is 0 Å². The van der Waals surface area contributed by atoms with Crippen LogP contribution in [0.5, 0.6) is 5.75 Å². The molecule has 2 bridgehead atoms. The van der Waals surface area contributed by atoms with Crippen molar-refractivity contribution in [3.05, 3.63) is 57.5 Å². The molecular weight excluding hydrogens is 535 g/mol. The van der Waals surface area contributed by atoms with Crippen LogP contribution in [-0.4, -0.2) is 100 Å². The molecule has 2 N–H and O–H groups in total. The van der Waals surface area contributed by atoms with Gasteiger partial charge in [-0.15, -0.1) is 0 Å². The Kier molecular flexibility index (Phi) is 7.60. The second-order valence-electron chi connectivity index (χ2n) is 11.3. The minimum atomic E-state index is -1.16. The van der Waals surface area contributed by atoms with Gasteiger partial charge in [-0.05, 0) is 43.4 Å². The first-order chi connectivity index (χ1) is 19.5. The number of likely N-dealkylation sites (N-methyl/N-ethyl adjacent to an activating group) is 2. The van der Waals surface area contributed by atoms with Crippen LogP contribution in [0.4, 0.5) is 4.39 Å². The van der Waals surface area contributed by atoms with Crippen molar-refractivity contribution in [1.82, 2.24) is 29.6 Å². The highest BCUT2D eigenvalue weighted by Gasteiger charge is 2.56. The van der Waals surface area contributed by atoms with Gasteiger partial charge in [-0.2, -0.15) is 0 Å². The van der Waals surface area contributed by atoms with Gasteiger partial charge in [-0.3, -0.25) is 28.6 Å². The molecule has 1 aliphatic carbocycles. The number of carbonyl (C=O) groups excluding carboxylic acids is 3. The van der Waals surface area contributed by atoms with Gasteiger partial charge in [0.15, 0.2) is 5.69 Å². The van der Waals surface area contributed by atoms with Crippen LogP contribution in [0, 0.1) is 5.82 Å². The average molecular weight is 571 g/mol. The molecule has 2 fully saturated rings. The summed E-state index contributed by atoms with van der Waals surface area (Å²) < 4.78 is 20.2. The fraction of sp³-hybridized carbons (Fsp3) is 0.536. The van der Waals surface area contributed by atoms with E-state index in [1.807, 2.05) is 0 Å². The molecule has 2 aromatic rings. The number of morpholine rings is 1. The molecule has 12 nitrogen and oxygen atoms in total. The van der Waals surface area contributed by atoms with Gasteiger partial charge >= 0.3 is 11.8 Å². The number of nitrogens with one attached hydrogen (secondary N) is 1. The molecule has 41 heavy (non-hydrogen) atoms. The zero-order chi connectivity index (χ0) is 29.5. The Bertz CT molecular complexity index is 1410. The van der Waals surface area contributed by atoms with Crippen molar-refractivity contribution < 1.29 is 28.6 Å². The SMILES string of the molecule is CN(C)C(=O)C(=O)N(C)C12CCC(N3CCOCC3)(CC1)Cn1c2nc(C(=O)NCc2ccc(F)cc2)c(O)c1=O. The molecule has 3 amide bonds. The number of carbonyl (C=O) groups is 3. The van der Waals surface area contributed by atoms with Crippen molar-refractivity contribution in [2.45, 2.75) is 49.9 Å². The third-order valence-electron chi connectivity index (χ3n) is 8.82. The Morgan fingerprint density at radius 1 is 1.05 bits per heavy atom. The molecule has 1 aromatic carbocycles. The summed E-state index contributed by atoms with van der Waals surface area (Å²) in [5.41, 5.74) is -2.24. The van der Waals surface area contributed by atoms with Crippen molar-refractivity contribution in [3.63, 3.8) is 0 Å². The lowest BCUT2D eigenvalue weighted by Gasteiger charge is -2.51. The van der Waals surface area contributed by atoms with Crippen LogP contribution >= 0.6 is 0 Å². The summed E-state index contributed by atoms with van der Waals surface area (Å²) in [5.74, 6) is -3.31. The molecule has 220 valence electrons. The summed E-state index contributed by atoms with van der Waals surface area (Å²) in [5, 5.41) is 13.6. The maximum absolute atomic E-state index is 13.8. The summed E-state index contributed by atoms with van der Waals surface area (Å²) in [4.78, 5) is 62.5. The van der Waals surface area contributed by atoms with Gasteiger partial charge in [0, 0.05) is 52.9 Å². The van der Waals surface area contributed by atoms with E-state index in [0.29, 0.717) is 57.6 Å². The zero-order valence-electron chi connectivity index (χ0n) is 23.5. The number of amides is 3. The number of rotatable bonds is 5. The Morgan fingerprint density at radius 2 is 1.68 bits per heavy atom. The number of hydrogen-bond acceptors (Lipinski definition) is 8. The summed E-state index contributed by atoms with van der Waals surface area (Å²) >= 11 is 0. The number of fused-ring (bicyclic) bond motifs is 2. The number of benzene rings is 1. The molecule has 6 rings (SSSR count). The first-order valence-corrected chi connectivity index (χ1v) is 13.7. The van der Waals surface area contributed by atoms with Gasteiger partial charge in [0.05, 0.1) is 13.2 Å². The quantitative estimate of drug-likeness (QED) is 0.494. The summed E-state index contributed by atoms with van der Waals surface area (Å²) in [6.07, 6.45) is 2.02. The van der Waals surface area contributed by atoms with E-state index in [0.717, 1.165) is 0 Å². The van der Waals surface area contributed by atoms with Crippen LogP contribution in [0.1, 0.15) is 47.6 Å². The van der Waals surface area contributed by atoms with E-state index in [2.05, 4.69) is 15.2 Å². The second kappa shape index (κ2) is 10.9. The molecule has 0 spiro atoms. The Balaban J connectivity index is 1.58. The normalized spacial score (nSPS) is 23.8. The molecule has 4 heterocycles. The number of halogens is 1. The zero-order valence-corrected chi connectivity index (χ0v) is 23.5. The van der Waals surface area contributed by atoms with E-state index in [-0.39, 0.29) is 18.9 Å². The largest absolute Gasteiger partial charge is 0.501 e. The van der Waals surface area contributed by atoms with Gasteiger partial charge in [0.25, 0.3) is 11.5 Å². The van der Waals surface area contributed by atoms with E-state index < -0.39 is 51.6 Å². The fourth-order valence-corrected chi connectivity index (χ4v) is 6.35. The van der Waals surface area contributed by atoms with E-state index in [1.54, 1.807) is 0 Å². The highest BCUT2D eigenvalue weighted by molar-refractivity contribution is 6.34. The standard InChI is InChI=1S/C28H35FN6O6/c1-32(2)24(39)25(40)33(3)28-10-8-27(9-11-28,34-12-14-41-15-13-34)17-35-23(38)21(36)20(31-26(28)35)22(37)30-16-18-4-6-19(29)7-5-18/h4-7,36H,8-17H2,1-3H3,(H,30,37). The third-order valence-corrected chi connectivity index (χ3v) is 8.82. The average Bonchev–Trinajstić information content (AvgIpc) is 3.22. The van der Waals surface area contributed by atoms with Crippen LogP contribution in [0.25, 0.3) is 0 Å². The molecular formula is C28H35FN6O6.